The molecule has 2 fully saturated rings. The Morgan fingerprint density at radius 3 is 2.59 bits per heavy atom. The van der Waals surface area contributed by atoms with Crippen molar-refractivity contribution in [2.45, 2.75) is 30.6 Å². The molecular weight excluding hydrogens is 439 g/mol. The van der Waals surface area contributed by atoms with Crippen LogP contribution in [0.3, 0.4) is 0 Å². The number of carbonyl (C=O) groups excluding carboxylic acids is 3. The number of hydrogen-bond acceptors (Lipinski definition) is 5. The monoisotopic (exact) mass is 468 g/mol. The first-order valence-corrected chi connectivity index (χ1v) is 11.4. The van der Waals surface area contributed by atoms with E-state index >= 15 is 0 Å². The van der Waals surface area contributed by atoms with Gasteiger partial charge in [0.2, 0.25) is 17.7 Å². The lowest BCUT2D eigenvalue weighted by atomic mass is 9.75. The first-order chi connectivity index (χ1) is 16.4. The van der Waals surface area contributed by atoms with Crippen molar-refractivity contribution in [3.8, 4) is 5.75 Å². The molecule has 3 amide bonds. The number of rotatable bonds is 8. The Morgan fingerprint density at radius 2 is 1.85 bits per heavy atom. The zero-order valence-corrected chi connectivity index (χ0v) is 19.5. The van der Waals surface area contributed by atoms with Crippen LogP contribution in [0.1, 0.15) is 36.3 Å². The van der Waals surface area contributed by atoms with Crippen molar-refractivity contribution in [3.63, 3.8) is 0 Å². The van der Waals surface area contributed by atoms with Gasteiger partial charge in [0.15, 0.2) is 0 Å². The molecule has 8 heteroatoms. The zero-order valence-electron chi connectivity index (χ0n) is 19.5. The van der Waals surface area contributed by atoms with Crippen LogP contribution >= 0.6 is 0 Å². The van der Waals surface area contributed by atoms with Gasteiger partial charge in [0.25, 0.3) is 0 Å². The van der Waals surface area contributed by atoms with Crippen LogP contribution in [0, 0.1) is 5.82 Å². The highest BCUT2D eigenvalue weighted by atomic mass is 19.1. The highest BCUT2D eigenvalue weighted by Crippen LogP contribution is 2.44. The lowest BCUT2D eigenvalue weighted by Crippen LogP contribution is -2.44. The number of halogens is 1. The van der Waals surface area contributed by atoms with Crippen LogP contribution in [0.5, 0.6) is 5.75 Å². The van der Waals surface area contributed by atoms with Gasteiger partial charge in [-0.15, -0.1) is 0 Å². The average molecular weight is 469 g/mol. The van der Waals surface area contributed by atoms with E-state index in [0.717, 1.165) is 0 Å². The van der Waals surface area contributed by atoms with Gasteiger partial charge in [-0.05, 0) is 24.1 Å². The maximum absolute atomic E-state index is 14.3. The van der Waals surface area contributed by atoms with Crippen molar-refractivity contribution in [1.29, 1.82) is 0 Å². The maximum Gasteiger partial charge on any atom is 0.241 e. The topological polar surface area (TPSA) is 76.2 Å². The number of hydrogen-bond donors (Lipinski definition) is 0. The number of amides is 3. The van der Waals surface area contributed by atoms with Gasteiger partial charge in [0.1, 0.15) is 11.6 Å². The Kier molecular flexibility index (Phi) is 6.97. The van der Waals surface area contributed by atoms with E-state index in [9.17, 15) is 18.8 Å². The lowest BCUT2D eigenvalue weighted by molar-refractivity contribution is -0.143. The molecule has 2 aromatic rings. The van der Waals surface area contributed by atoms with Gasteiger partial charge in [-0.25, -0.2) is 4.39 Å². The summed E-state index contributed by atoms with van der Waals surface area (Å²) >= 11 is 0. The van der Waals surface area contributed by atoms with Crippen LogP contribution in [0.15, 0.2) is 48.5 Å². The van der Waals surface area contributed by atoms with Crippen LogP contribution in [0.25, 0.3) is 0 Å². The van der Waals surface area contributed by atoms with E-state index in [1.807, 2.05) is 0 Å². The van der Waals surface area contributed by atoms with E-state index in [-0.39, 0.29) is 49.5 Å². The molecule has 0 saturated carbocycles. The summed E-state index contributed by atoms with van der Waals surface area (Å²) in [6.45, 7) is 1.18. The zero-order chi connectivity index (χ0) is 24.3. The molecule has 0 aromatic heterocycles. The molecule has 2 saturated heterocycles. The van der Waals surface area contributed by atoms with Crippen molar-refractivity contribution in [3.05, 3.63) is 65.5 Å². The molecule has 0 radical (unpaired) electrons. The second-order valence-electron chi connectivity index (χ2n) is 8.83. The molecular formula is C26H29FN2O5. The van der Waals surface area contributed by atoms with Gasteiger partial charge in [-0.1, -0.05) is 36.4 Å². The summed E-state index contributed by atoms with van der Waals surface area (Å²) in [5.74, 6) is -0.928. The summed E-state index contributed by atoms with van der Waals surface area (Å²) in [6, 6.07) is 13.6. The fraction of sp³-hybridized carbons (Fsp3) is 0.423. The number of para-hydroxylation sites is 1. The van der Waals surface area contributed by atoms with Crippen LogP contribution in [0.4, 0.5) is 4.39 Å². The third kappa shape index (κ3) is 4.30. The third-order valence-corrected chi connectivity index (χ3v) is 6.89. The third-order valence-electron chi connectivity index (χ3n) is 6.89. The fourth-order valence-electron chi connectivity index (χ4n) is 5.11. The first-order valence-electron chi connectivity index (χ1n) is 11.4. The minimum absolute atomic E-state index is 0.105. The molecule has 2 aliphatic heterocycles. The Bertz CT molecular complexity index is 1090. The molecule has 2 heterocycles. The lowest BCUT2D eigenvalue weighted by Gasteiger charge is -2.30. The quantitative estimate of drug-likeness (QED) is 0.557. The maximum atomic E-state index is 14.3. The Balaban J connectivity index is 1.62. The van der Waals surface area contributed by atoms with Crippen molar-refractivity contribution in [2.24, 2.45) is 0 Å². The smallest absolute Gasteiger partial charge is 0.241 e. The number of benzene rings is 2. The highest BCUT2D eigenvalue weighted by Gasteiger charge is 2.55. The van der Waals surface area contributed by atoms with Gasteiger partial charge in [-0.2, -0.15) is 0 Å². The average Bonchev–Trinajstić information content (AvgIpc) is 3.42. The molecule has 2 atom stereocenters. The van der Waals surface area contributed by atoms with Crippen molar-refractivity contribution in [2.75, 3.05) is 40.5 Å². The normalized spacial score (nSPS) is 22.5. The molecule has 2 aliphatic rings. The van der Waals surface area contributed by atoms with Gasteiger partial charge >= 0.3 is 0 Å². The minimum atomic E-state index is -1.36. The predicted molar refractivity (Wildman–Crippen MR) is 123 cm³/mol. The van der Waals surface area contributed by atoms with E-state index in [4.69, 9.17) is 9.47 Å². The minimum Gasteiger partial charge on any atom is -0.496 e. The Hall–Kier alpha value is -3.26. The SMILES string of the molecule is COCCN1C(=O)C[C@@](CC(=O)N2CC[C@H](c3ccccc3F)C2)(c2ccccc2OC)C1=O. The van der Waals surface area contributed by atoms with E-state index in [1.54, 1.807) is 47.4 Å². The second kappa shape index (κ2) is 9.93. The van der Waals surface area contributed by atoms with Crippen molar-refractivity contribution >= 4 is 17.7 Å². The van der Waals surface area contributed by atoms with E-state index in [0.29, 0.717) is 36.4 Å². The van der Waals surface area contributed by atoms with Crippen molar-refractivity contribution < 1.29 is 28.2 Å². The van der Waals surface area contributed by atoms with Crippen LogP contribution in [-0.2, 0) is 24.5 Å². The number of nitrogens with zero attached hydrogens (tertiary/aromatic N) is 2. The second-order valence-corrected chi connectivity index (χ2v) is 8.83. The molecule has 2 aromatic carbocycles. The molecule has 0 N–H and O–H groups in total. The van der Waals surface area contributed by atoms with Gasteiger partial charge in [0, 0.05) is 44.5 Å². The van der Waals surface area contributed by atoms with Gasteiger partial charge in [-0.3, -0.25) is 19.3 Å². The van der Waals surface area contributed by atoms with Crippen LogP contribution in [0.2, 0.25) is 0 Å². The molecule has 0 aliphatic carbocycles. The number of methoxy groups -OCH3 is 2. The molecule has 0 unspecified atom stereocenters. The van der Waals surface area contributed by atoms with Gasteiger partial charge < -0.3 is 14.4 Å². The Labute approximate surface area is 198 Å². The number of carbonyl (C=O) groups is 3. The van der Waals surface area contributed by atoms with E-state index in [2.05, 4.69) is 0 Å². The summed E-state index contributed by atoms with van der Waals surface area (Å²) in [7, 11) is 3.00. The summed E-state index contributed by atoms with van der Waals surface area (Å²) < 4.78 is 24.9. The summed E-state index contributed by atoms with van der Waals surface area (Å²) in [4.78, 5) is 42.9. The van der Waals surface area contributed by atoms with Gasteiger partial charge in [0.05, 0.1) is 25.7 Å². The van der Waals surface area contributed by atoms with Crippen LogP contribution < -0.4 is 4.74 Å². The summed E-state index contributed by atoms with van der Waals surface area (Å²) in [6.07, 6.45) is 0.360. The van der Waals surface area contributed by atoms with E-state index in [1.165, 1.54) is 25.2 Å². The highest BCUT2D eigenvalue weighted by molar-refractivity contribution is 6.11. The molecule has 4 rings (SSSR count). The Morgan fingerprint density at radius 1 is 1.12 bits per heavy atom. The van der Waals surface area contributed by atoms with Crippen molar-refractivity contribution in [1.82, 2.24) is 9.80 Å². The molecule has 0 spiro atoms. The molecule has 7 nitrogen and oxygen atoms in total. The summed E-state index contributed by atoms with van der Waals surface area (Å²) in [5.41, 5.74) is -0.242. The number of ether oxygens (including phenoxy) is 2. The number of likely N-dealkylation sites (tertiary alicyclic amines) is 2. The van der Waals surface area contributed by atoms with Crippen LogP contribution in [-0.4, -0.2) is 68.0 Å². The molecule has 0 bridgehead atoms. The predicted octanol–water partition coefficient (Wildman–Crippen LogP) is 2.88. The largest absolute Gasteiger partial charge is 0.496 e. The first kappa shape index (κ1) is 23.9. The van der Waals surface area contributed by atoms with E-state index < -0.39 is 11.3 Å². The summed E-state index contributed by atoms with van der Waals surface area (Å²) in [5, 5.41) is 0. The molecule has 34 heavy (non-hydrogen) atoms. The standard InChI is InChI=1S/C26H29FN2O5/c1-33-14-13-29-24(31)16-26(25(29)32,20-8-4-6-10-22(20)34-2)15-23(30)28-12-11-18(17-28)19-7-3-5-9-21(19)27/h3-10,18H,11-17H2,1-2H3/t18-,26-/m0/s1. The fourth-order valence-corrected chi connectivity index (χ4v) is 5.11. The number of imide groups is 1. The molecule has 180 valence electrons.